The summed E-state index contributed by atoms with van der Waals surface area (Å²) in [5.74, 6) is -0.802. The second-order valence-electron chi connectivity index (χ2n) is 5.17. The quantitative estimate of drug-likeness (QED) is 0.811. The Morgan fingerprint density at radius 2 is 2.00 bits per heavy atom. The van der Waals surface area contributed by atoms with Gasteiger partial charge in [-0.3, -0.25) is 9.69 Å². The second-order valence-corrected chi connectivity index (χ2v) is 5.17. The van der Waals surface area contributed by atoms with Gasteiger partial charge in [0.2, 0.25) is 0 Å². The molecule has 116 valence electrons. The van der Waals surface area contributed by atoms with Crippen LogP contribution in [-0.4, -0.2) is 29.7 Å². The van der Waals surface area contributed by atoms with Crippen molar-refractivity contribution in [2.75, 3.05) is 11.4 Å². The summed E-state index contributed by atoms with van der Waals surface area (Å²) in [6.07, 6.45) is 1.35. The van der Waals surface area contributed by atoms with Gasteiger partial charge in [0.05, 0.1) is 0 Å². The SMILES string of the molecule is CCN(C(=O)NC(C)CCCC(=O)O)c1ccccc1C. The molecule has 0 bridgehead atoms. The summed E-state index contributed by atoms with van der Waals surface area (Å²) in [4.78, 5) is 24.5. The number of carbonyl (C=O) groups excluding carboxylic acids is 1. The van der Waals surface area contributed by atoms with E-state index in [1.54, 1.807) is 4.90 Å². The van der Waals surface area contributed by atoms with E-state index in [1.165, 1.54) is 0 Å². The third kappa shape index (κ3) is 5.45. The first-order valence-electron chi connectivity index (χ1n) is 7.31. The van der Waals surface area contributed by atoms with Gasteiger partial charge >= 0.3 is 12.0 Å². The zero-order valence-electron chi connectivity index (χ0n) is 12.9. The predicted octanol–water partition coefficient (Wildman–Crippen LogP) is 3.17. The smallest absolute Gasteiger partial charge is 0.322 e. The van der Waals surface area contributed by atoms with Gasteiger partial charge in [-0.15, -0.1) is 0 Å². The number of anilines is 1. The van der Waals surface area contributed by atoms with E-state index >= 15 is 0 Å². The molecule has 2 amide bonds. The van der Waals surface area contributed by atoms with E-state index in [4.69, 9.17) is 5.11 Å². The van der Waals surface area contributed by atoms with Crippen LogP contribution >= 0.6 is 0 Å². The highest BCUT2D eigenvalue weighted by atomic mass is 16.4. The van der Waals surface area contributed by atoms with Gasteiger partial charge in [-0.2, -0.15) is 0 Å². The largest absolute Gasteiger partial charge is 0.481 e. The number of benzene rings is 1. The van der Waals surface area contributed by atoms with Crippen LogP contribution in [0.3, 0.4) is 0 Å². The van der Waals surface area contributed by atoms with Crippen LogP contribution in [0.15, 0.2) is 24.3 Å². The molecule has 5 heteroatoms. The van der Waals surface area contributed by atoms with E-state index in [9.17, 15) is 9.59 Å². The normalized spacial score (nSPS) is 11.8. The van der Waals surface area contributed by atoms with Gasteiger partial charge in [0.15, 0.2) is 0 Å². The molecule has 1 aromatic rings. The summed E-state index contributed by atoms with van der Waals surface area (Å²) in [7, 11) is 0. The number of nitrogens with one attached hydrogen (secondary N) is 1. The number of rotatable bonds is 7. The summed E-state index contributed by atoms with van der Waals surface area (Å²) < 4.78 is 0. The lowest BCUT2D eigenvalue weighted by atomic mass is 10.1. The number of hydrogen-bond donors (Lipinski definition) is 2. The number of carbonyl (C=O) groups is 2. The maximum Gasteiger partial charge on any atom is 0.322 e. The van der Waals surface area contributed by atoms with E-state index in [0.717, 1.165) is 11.3 Å². The third-order valence-corrected chi connectivity index (χ3v) is 3.37. The Morgan fingerprint density at radius 1 is 1.33 bits per heavy atom. The molecular formula is C16H24N2O3. The topological polar surface area (TPSA) is 69.6 Å². The van der Waals surface area contributed by atoms with E-state index in [-0.39, 0.29) is 18.5 Å². The van der Waals surface area contributed by atoms with Crippen molar-refractivity contribution in [2.45, 2.75) is 46.1 Å². The fourth-order valence-corrected chi connectivity index (χ4v) is 2.21. The van der Waals surface area contributed by atoms with Gasteiger partial charge in [0.25, 0.3) is 0 Å². The number of carboxylic acids is 1. The first-order valence-corrected chi connectivity index (χ1v) is 7.31. The number of nitrogens with zero attached hydrogens (tertiary/aromatic N) is 1. The third-order valence-electron chi connectivity index (χ3n) is 3.37. The van der Waals surface area contributed by atoms with Crippen LogP contribution < -0.4 is 10.2 Å². The Hall–Kier alpha value is -2.04. The molecular weight excluding hydrogens is 268 g/mol. The maximum atomic E-state index is 12.3. The maximum absolute atomic E-state index is 12.3. The minimum Gasteiger partial charge on any atom is -0.481 e. The van der Waals surface area contributed by atoms with Crippen molar-refractivity contribution in [1.82, 2.24) is 5.32 Å². The number of hydrogen-bond acceptors (Lipinski definition) is 2. The summed E-state index contributed by atoms with van der Waals surface area (Å²) >= 11 is 0. The molecule has 0 aliphatic heterocycles. The van der Waals surface area contributed by atoms with Gasteiger partial charge in [-0.25, -0.2) is 4.79 Å². The van der Waals surface area contributed by atoms with Crippen molar-refractivity contribution >= 4 is 17.7 Å². The Kier molecular flexibility index (Phi) is 6.72. The number of aryl methyl sites for hydroxylation is 1. The fourth-order valence-electron chi connectivity index (χ4n) is 2.21. The second kappa shape index (κ2) is 8.29. The van der Waals surface area contributed by atoms with E-state index in [1.807, 2.05) is 45.0 Å². The molecule has 5 nitrogen and oxygen atoms in total. The number of urea groups is 1. The first-order chi connectivity index (χ1) is 9.95. The van der Waals surface area contributed by atoms with Crippen LogP contribution in [0.2, 0.25) is 0 Å². The van der Waals surface area contributed by atoms with E-state index < -0.39 is 5.97 Å². The molecule has 0 aliphatic rings. The summed E-state index contributed by atoms with van der Waals surface area (Å²) in [5.41, 5.74) is 1.95. The Morgan fingerprint density at radius 3 is 2.57 bits per heavy atom. The summed E-state index contributed by atoms with van der Waals surface area (Å²) in [5, 5.41) is 11.5. The molecule has 1 aromatic carbocycles. The highest BCUT2D eigenvalue weighted by Crippen LogP contribution is 2.19. The molecule has 0 fully saturated rings. The van der Waals surface area contributed by atoms with Gasteiger partial charge in [-0.05, 0) is 45.2 Å². The Balaban J connectivity index is 2.60. The van der Waals surface area contributed by atoms with Crippen LogP contribution in [-0.2, 0) is 4.79 Å². The lowest BCUT2D eigenvalue weighted by Crippen LogP contribution is -2.44. The molecule has 1 atom stereocenters. The van der Waals surface area contributed by atoms with E-state index in [2.05, 4.69) is 5.32 Å². The number of aliphatic carboxylic acids is 1. The number of para-hydroxylation sites is 1. The van der Waals surface area contributed by atoms with Gasteiger partial charge in [0, 0.05) is 24.7 Å². The monoisotopic (exact) mass is 292 g/mol. The number of amides is 2. The van der Waals surface area contributed by atoms with Crippen LogP contribution in [0.25, 0.3) is 0 Å². The zero-order valence-corrected chi connectivity index (χ0v) is 12.9. The van der Waals surface area contributed by atoms with Crippen LogP contribution in [0, 0.1) is 6.92 Å². The van der Waals surface area contributed by atoms with E-state index in [0.29, 0.717) is 19.4 Å². The van der Waals surface area contributed by atoms with Crippen LogP contribution in [0.1, 0.15) is 38.7 Å². The molecule has 0 saturated carbocycles. The lowest BCUT2D eigenvalue weighted by molar-refractivity contribution is -0.137. The molecule has 21 heavy (non-hydrogen) atoms. The van der Waals surface area contributed by atoms with Gasteiger partial charge < -0.3 is 10.4 Å². The molecule has 2 N–H and O–H groups in total. The van der Waals surface area contributed by atoms with Crippen molar-refractivity contribution < 1.29 is 14.7 Å². The number of carboxylic acid groups (broad SMARTS) is 1. The molecule has 0 radical (unpaired) electrons. The fraction of sp³-hybridized carbons (Fsp3) is 0.500. The van der Waals surface area contributed by atoms with Gasteiger partial charge in [-0.1, -0.05) is 18.2 Å². The molecule has 0 heterocycles. The van der Waals surface area contributed by atoms with Crippen molar-refractivity contribution in [3.63, 3.8) is 0 Å². The first kappa shape index (κ1) is 17.0. The standard InChI is InChI=1S/C16H24N2O3/c1-4-18(14-10-6-5-8-12(14)2)16(21)17-13(3)9-7-11-15(19)20/h5-6,8,10,13H,4,7,9,11H2,1-3H3,(H,17,21)(H,19,20). The Bertz CT molecular complexity index is 488. The minimum atomic E-state index is -0.802. The highest BCUT2D eigenvalue weighted by molar-refractivity contribution is 5.92. The predicted molar refractivity (Wildman–Crippen MR) is 83.7 cm³/mol. The van der Waals surface area contributed by atoms with Crippen LogP contribution in [0.5, 0.6) is 0 Å². The van der Waals surface area contributed by atoms with Crippen molar-refractivity contribution in [3.8, 4) is 0 Å². The summed E-state index contributed by atoms with van der Waals surface area (Å²) in [6.45, 7) is 6.38. The summed E-state index contributed by atoms with van der Waals surface area (Å²) in [6, 6.07) is 7.56. The molecule has 0 aliphatic carbocycles. The molecule has 0 aromatic heterocycles. The van der Waals surface area contributed by atoms with Gasteiger partial charge in [0.1, 0.15) is 0 Å². The minimum absolute atomic E-state index is 0.0464. The molecule has 0 spiro atoms. The highest BCUT2D eigenvalue weighted by Gasteiger charge is 2.17. The lowest BCUT2D eigenvalue weighted by Gasteiger charge is -2.25. The zero-order chi connectivity index (χ0) is 15.8. The molecule has 0 saturated heterocycles. The van der Waals surface area contributed by atoms with Crippen molar-refractivity contribution in [1.29, 1.82) is 0 Å². The molecule has 1 rings (SSSR count). The Labute approximate surface area is 126 Å². The van der Waals surface area contributed by atoms with Crippen molar-refractivity contribution in [3.05, 3.63) is 29.8 Å². The van der Waals surface area contributed by atoms with Crippen molar-refractivity contribution in [2.24, 2.45) is 0 Å². The average Bonchev–Trinajstić information content (AvgIpc) is 2.41. The van der Waals surface area contributed by atoms with Crippen LogP contribution in [0.4, 0.5) is 10.5 Å². The average molecular weight is 292 g/mol. The molecule has 1 unspecified atom stereocenters.